The summed E-state index contributed by atoms with van der Waals surface area (Å²) in [7, 11) is 0. The minimum Gasteiger partial charge on any atom is -0.386 e. The van der Waals surface area contributed by atoms with Crippen molar-refractivity contribution in [3.8, 4) is 0 Å². The highest BCUT2D eigenvalue weighted by Gasteiger charge is 2.59. The third kappa shape index (κ3) is 2.82. The van der Waals surface area contributed by atoms with Crippen molar-refractivity contribution < 1.29 is 9.90 Å². The van der Waals surface area contributed by atoms with Crippen LogP contribution in [0.3, 0.4) is 0 Å². The van der Waals surface area contributed by atoms with Gasteiger partial charge in [0.1, 0.15) is 0 Å². The molecule has 26 heavy (non-hydrogen) atoms. The molecular formula is C21H29N3O2. The summed E-state index contributed by atoms with van der Waals surface area (Å²) in [5.41, 5.74) is 1.87. The molecule has 1 heterocycles. The van der Waals surface area contributed by atoms with Gasteiger partial charge in [0.25, 0.3) is 0 Å². The number of imidazole rings is 1. The lowest BCUT2D eigenvalue weighted by atomic mass is 9.49. The van der Waals surface area contributed by atoms with Gasteiger partial charge in [-0.25, -0.2) is 4.98 Å². The van der Waals surface area contributed by atoms with Crippen molar-refractivity contribution in [3.63, 3.8) is 0 Å². The number of rotatable bonds is 4. The molecule has 1 amide bonds. The molecule has 2 aromatic rings. The van der Waals surface area contributed by atoms with Crippen LogP contribution in [-0.4, -0.2) is 20.6 Å². The number of carbonyl (C=O) groups is 1. The molecule has 0 radical (unpaired) electrons. The van der Waals surface area contributed by atoms with Gasteiger partial charge in [-0.05, 0) is 62.1 Å². The maximum Gasteiger partial charge on any atom is 0.227 e. The SMILES string of the molecule is CC(C)(C)CC(=O)Nc1nc2ccc(C(C)(C)O)cc2n1C12CC(C1)C2. The summed E-state index contributed by atoms with van der Waals surface area (Å²) in [6.45, 7) is 9.77. The minimum absolute atomic E-state index is 0.00312. The van der Waals surface area contributed by atoms with E-state index in [4.69, 9.17) is 4.98 Å². The highest BCUT2D eigenvalue weighted by atomic mass is 16.3. The second-order valence-corrected chi connectivity index (χ2v) is 10.0. The predicted octanol–water partition coefficient (Wildman–Crippen LogP) is 4.15. The molecule has 2 N–H and O–H groups in total. The number of nitrogens with zero attached hydrogens (tertiary/aromatic N) is 2. The Morgan fingerprint density at radius 3 is 2.42 bits per heavy atom. The summed E-state index contributed by atoms with van der Waals surface area (Å²) in [6, 6.07) is 5.90. The van der Waals surface area contributed by atoms with Crippen molar-refractivity contribution in [1.29, 1.82) is 0 Å². The summed E-state index contributed by atoms with van der Waals surface area (Å²) in [6.07, 6.45) is 3.94. The quantitative estimate of drug-likeness (QED) is 0.866. The van der Waals surface area contributed by atoms with E-state index in [1.807, 2.05) is 18.2 Å². The third-order valence-electron chi connectivity index (χ3n) is 5.78. The van der Waals surface area contributed by atoms with Gasteiger partial charge in [-0.1, -0.05) is 26.8 Å². The van der Waals surface area contributed by atoms with Gasteiger partial charge in [-0.15, -0.1) is 0 Å². The predicted molar refractivity (Wildman–Crippen MR) is 103 cm³/mol. The normalized spacial score (nSPS) is 24.9. The van der Waals surface area contributed by atoms with Crippen LogP contribution in [0.25, 0.3) is 11.0 Å². The highest BCUT2D eigenvalue weighted by Crippen LogP contribution is 2.63. The van der Waals surface area contributed by atoms with Gasteiger partial charge < -0.3 is 9.67 Å². The number of fused-ring (bicyclic) bond motifs is 1. The number of aliphatic hydroxyl groups is 1. The van der Waals surface area contributed by atoms with E-state index in [9.17, 15) is 9.90 Å². The first-order valence-corrected chi connectivity index (χ1v) is 9.53. The van der Waals surface area contributed by atoms with Crippen LogP contribution in [0, 0.1) is 11.3 Å². The molecule has 3 saturated carbocycles. The lowest BCUT2D eigenvalue weighted by Gasteiger charge is -2.62. The first-order chi connectivity index (χ1) is 12.0. The lowest BCUT2D eigenvalue weighted by Crippen LogP contribution is -2.59. The topological polar surface area (TPSA) is 67.2 Å². The Morgan fingerprint density at radius 2 is 1.92 bits per heavy atom. The molecule has 0 saturated heterocycles. The molecule has 0 aliphatic heterocycles. The Bertz CT molecular complexity index is 866. The van der Waals surface area contributed by atoms with Crippen LogP contribution in [0.15, 0.2) is 18.2 Å². The zero-order chi connectivity index (χ0) is 18.9. The standard InChI is InChI=1S/C21H29N3O2/c1-19(2,3)12-17(25)23-18-22-15-7-6-14(20(4,5)26)8-16(15)24(18)21-9-13(10-21)11-21/h6-8,13,26H,9-12H2,1-5H3,(H,22,23,25). The van der Waals surface area contributed by atoms with Crippen molar-refractivity contribution in [2.45, 2.75) is 71.4 Å². The van der Waals surface area contributed by atoms with Crippen molar-refractivity contribution in [3.05, 3.63) is 23.8 Å². The van der Waals surface area contributed by atoms with E-state index in [2.05, 4.69) is 30.7 Å². The number of carbonyl (C=O) groups excluding carboxylic acids is 1. The smallest absolute Gasteiger partial charge is 0.227 e. The molecule has 5 nitrogen and oxygen atoms in total. The Balaban J connectivity index is 1.77. The molecule has 140 valence electrons. The summed E-state index contributed by atoms with van der Waals surface area (Å²) in [5, 5.41) is 13.5. The van der Waals surface area contributed by atoms with Gasteiger partial charge in [-0.2, -0.15) is 0 Å². The largest absolute Gasteiger partial charge is 0.386 e. The number of aromatic nitrogens is 2. The third-order valence-corrected chi connectivity index (χ3v) is 5.78. The first kappa shape index (κ1) is 17.5. The van der Waals surface area contributed by atoms with Crippen LogP contribution in [0.5, 0.6) is 0 Å². The van der Waals surface area contributed by atoms with E-state index in [1.165, 1.54) is 0 Å². The first-order valence-electron chi connectivity index (χ1n) is 9.53. The number of hydrogen-bond donors (Lipinski definition) is 2. The molecule has 3 aliphatic carbocycles. The maximum atomic E-state index is 12.5. The van der Waals surface area contributed by atoms with Crippen LogP contribution in [0.4, 0.5) is 5.95 Å². The number of hydrogen-bond acceptors (Lipinski definition) is 3. The monoisotopic (exact) mass is 355 g/mol. The number of anilines is 1. The van der Waals surface area contributed by atoms with Crippen LogP contribution in [-0.2, 0) is 15.9 Å². The molecular weight excluding hydrogens is 326 g/mol. The van der Waals surface area contributed by atoms with Gasteiger partial charge >= 0.3 is 0 Å². The van der Waals surface area contributed by atoms with Gasteiger partial charge in [0.15, 0.2) is 0 Å². The zero-order valence-electron chi connectivity index (χ0n) is 16.4. The molecule has 0 atom stereocenters. The molecule has 5 heteroatoms. The summed E-state index contributed by atoms with van der Waals surface area (Å²) in [4.78, 5) is 17.3. The number of benzene rings is 1. The fourth-order valence-corrected chi connectivity index (χ4v) is 4.38. The highest BCUT2D eigenvalue weighted by molar-refractivity contribution is 5.92. The van der Waals surface area contributed by atoms with Gasteiger partial charge in [0.05, 0.1) is 16.6 Å². The maximum absolute atomic E-state index is 12.5. The van der Waals surface area contributed by atoms with E-state index in [1.54, 1.807) is 13.8 Å². The zero-order valence-corrected chi connectivity index (χ0v) is 16.4. The van der Waals surface area contributed by atoms with Gasteiger partial charge in [0, 0.05) is 12.0 Å². The molecule has 2 bridgehead atoms. The van der Waals surface area contributed by atoms with E-state index in [0.29, 0.717) is 12.4 Å². The van der Waals surface area contributed by atoms with Gasteiger partial charge in [-0.3, -0.25) is 10.1 Å². The van der Waals surface area contributed by atoms with Crippen LogP contribution in [0.1, 0.15) is 65.9 Å². The number of nitrogens with one attached hydrogen (secondary N) is 1. The fraction of sp³-hybridized carbons (Fsp3) is 0.619. The Hall–Kier alpha value is -1.88. The average Bonchev–Trinajstić information content (AvgIpc) is 2.70. The summed E-state index contributed by atoms with van der Waals surface area (Å²) < 4.78 is 2.23. The van der Waals surface area contributed by atoms with Crippen molar-refractivity contribution in [2.75, 3.05) is 5.32 Å². The van der Waals surface area contributed by atoms with Crippen LogP contribution in [0.2, 0.25) is 0 Å². The Labute approximate surface area is 154 Å². The fourth-order valence-electron chi connectivity index (χ4n) is 4.38. The summed E-state index contributed by atoms with van der Waals surface area (Å²) >= 11 is 0. The van der Waals surface area contributed by atoms with E-state index >= 15 is 0 Å². The van der Waals surface area contributed by atoms with Crippen molar-refractivity contribution >= 4 is 22.9 Å². The second-order valence-electron chi connectivity index (χ2n) is 10.0. The summed E-state index contributed by atoms with van der Waals surface area (Å²) in [5.74, 6) is 1.48. The second kappa shape index (κ2) is 5.32. The van der Waals surface area contributed by atoms with Gasteiger partial charge in [0.2, 0.25) is 11.9 Å². The van der Waals surface area contributed by atoms with E-state index in [-0.39, 0.29) is 16.9 Å². The molecule has 1 aromatic carbocycles. The van der Waals surface area contributed by atoms with Crippen LogP contribution < -0.4 is 5.32 Å². The van der Waals surface area contributed by atoms with E-state index in [0.717, 1.165) is 41.8 Å². The van der Waals surface area contributed by atoms with Crippen LogP contribution >= 0.6 is 0 Å². The minimum atomic E-state index is -0.904. The molecule has 3 aliphatic rings. The average molecular weight is 355 g/mol. The lowest BCUT2D eigenvalue weighted by molar-refractivity contribution is -0.118. The molecule has 1 aromatic heterocycles. The van der Waals surface area contributed by atoms with Crippen molar-refractivity contribution in [2.24, 2.45) is 11.3 Å². The van der Waals surface area contributed by atoms with Crippen molar-refractivity contribution in [1.82, 2.24) is 9.55 Å². The molecule has 0 spiro atoms. The Morgan fingerprint density at radius 1 is 1.27 bits per heavy atom. The molecule has 5 rings (SSSR count). The molecule has 0 unspecified atom stereocenters. The molecule has 3 fully saturated rings. The number of amides is 1. The Kier molecular flexibility index (Phi) is 3.59. The van der Waals surface area contributed by atoms with E-state index < -0.39 is 5.60 Å².